The van der Waals surface area contributed by atoms with E-state index < -0.39 is 0 Å². The van der Waals surface area contributed by atoms with Crippen molar-refractivity contribution in [1.82, 2.24) is 5.32 Å². The topological polar surface area (TPSA) is 35.8 Å². The molecule has 2 nitrogen and oxygen atoms in total. The summed E-state index contributed by atoms with van der Waals surface area (Å²) in [7, 11) is 0. The Morgan fingerprint density at radius 3 is 2.58 bits per heavy atom. The minimum absolute atomic E-state index is 0.454. The highest BCUT2D eigenvalue weighted by Crippen LogP contribution is 2.36. The predicted octanol–water partition coefficient (Wildman–Crippen LogP) is 4.54. The minimum atomic E-state index is 0.454. The Morgan fingerprint density at radius 1 is 1.12 bits per heavy atom. The summed E-state index contributed by atoms with van der Waals surface area (Å²) in [5.41, 5.74) is 7.88. The molecule has 1 aliphatic heterocycles. The summed E-state index contributed by atoms with van der Waals surface area (Å²) in [5, 5.41) is 12.9. The van der Waals surface area contributed by atoms with Crippen LogP contribution in [0.15, 0.2) is 78.4 Å². The van der Waals surface area contributed by atoms with Crippen LogP contribution < -0.4 is 5.32 Å². The lowest BCUT2D eigenvalue weighted by atomic mass is 9.83. The van der Waals surface area contributed by atoms with Gasteiger partial charge in [-0.25, -0.2) is 0 Å². The molecule has 1 aliphatic rings. The van der Waals surface area contributed by atoms with Gasteiger partial charge in [0.05, 0.1) is 11.6 Å². The number of rotatable bonds is 2. The number of nitrogens with one attached hydrogen (secondary N) is 1. The third-order valence-corrected chi connectivity index (χ3v) is 4.29. The van der Waals surface area contributed by atoms with Crippen molar-refractivity contribution in [2.45, 2.75) is 13.5 Å². The van der Waals surface area contributed by atoms with Crippen LogP contribution in [0.5, 0.6) is 0 Å². The Labute approximate surface area is 143 Å². The molecular weight excluding hydrogens is 292 g/mol. The summed E-state index contributed by atoms with van der Waals surface area (Å²) in [5.74, 6) is 0. The van der Waals surface area contributed by atoms with Gasteiger partial charge in [-0.05, 0) is 34.8 Å². The molecule has 0 radical (unpaired) electrons. The molecule has 0 saturated carbocycles. The normalized spacial score (nSPS) is 17.4. The first-order valence-electron chi connectivity index (χ1n) is 7.99. The van der Waals surface area contributed by atoms with Crippen LogP contribution in [0.1, 0.15) is 22.3 Å². The lowest BCUT2D eigenvalue weighted by molar-refractivity contribution is 0.740. The molecule has 0 bridgehead atoms. The van der Waals surface area contributed by atoms with Gasteiger partial charge in [-0.3, -0.25) is 0 Å². The first-order chi connectivity index (χ1) is 11.6. The number of allylic oxidation sites excluding steroid dienone is 1. The summed E-state index contributed by atoms with van der Waals surface area (Å²) >= 11 is 0. The summed E-state index contributed by atoms with van der Waals surface area (Å²) in [6, 6.07) is 18.9. The van der Waals surface area contributed by atoms with Gasteiger partial charge in [0.15, 0.2) is 0 Å². The standard InChI is InChI=1S/C22H20N2/c1-15-9-10-19-14-24-13-17(3)21(16(2)12-23)22(20(19)11-15)18-7-5-4-6-8-18/h4-11,24H,2-3,13-14H2,1H3/b22-21-. The van der Waals surface area contributed by atoms with Gasteiger partial charge in [0.2, 0.25) is 0 Å². The van der Waals surface area contributed by atoms with Gasteiger partial charge in [-0.2, -0.15) is 5.26 Å². The Hall–Kier alpha value is -2.89. The molecule has 0 fully saturated rings. The van der Waals surface area contributed by atoms with Gasteiger partial charge in [-0.15, -0.1) is 0 Å². The second-order valence-electron chi connectivity index (χ2n) is 6.07. The van der Waals surface area contributed by atoms with Crippen LogP contribution in [0.3, 0.4) is 0 Å². The van der Waals surface area contributed by atoms with Gasteiger partial charge < -0.3 is 5.32 Å². The molecule has 0 amide bonds. The van der Waals surface area contributed by atoms with Crippen molar-refractivity contribution in [3.05, 3.63) is 101 Å². The monoisotopic (exact) mass is 312 g/mol. The Kier molecular flexibility index (Phi) is 4.46. The van der Waals surface area contributed by atoms with E-state index in [9.17, 15) is 5.26 Å². The van der Waals surface area contributed by atoms with E-state index in [2.05, 4.69) is 61.8 Å². The number of hydrogen-bond acceptors (Lipinski definition) is 2. The molecule has 3 rings (SSSR count). The highest BCUT2D eigenvalue weighted by Gasteiger charge is 2.21. The van der Waals surface area contributed by atoms with E-state index in [-0.39, 0.29) is 0 Å². The number of nitrogens with zero attached hydrogens (tertiary/aromatic N) is 1. The molecule has 0 atom stereocenters. The van der Waals surface area contributed by atoms with Gasteiger partial charge >= 0.3 is 0 Å². The minimum Gasteiger partial charge on any atom is -0.309 e. The fraction of sp³-hybridized carbons (Fsp3) is 0.136. The van der Waals surface area contributed by atoms with Crippen LogP contribution in [-0.4, -0.2) is 6.54 Å². The highest BCUT2D eigenvalue weighted by molar-refractivity contribution is 5.89. The van der Waals surface area contributed by atoms with Crippen molar-refractivity contribution in [2.24, 2.45) is 0 Å². The van der Waals surface area contributed by atoms with E-state index in [4.69, 9.17) is 0 Å². The third-order valence-electron chi connectivity index (χ3n) is 4.29. The summed E-state index contributed by atoms with van der Waals surface area (Å²) in [4.78, 5) is 0. The fourth-order valence-electron chi connectivity index (χ4n) is 3.15. The van der Waals surface area contributed by atoms with Gasteiger partial charge in [0.1, 0.15) is 0 Å². The molecule has 118 valence electrons. The maximum Gasteiger partial charge on any atom is 0.0992 e. The molecule has 0 saturated heterocycles. The van der Waals surface area contributed by atoms with E-state index >= 15 is 0 Å². The van der Waals surface area contributed by atoms with Crippen LogP contribution >= 0.6 is 0 Å². The molecule has 1 N–H and O–H groups in total. The van der Waals surface area contributed by atoms with Crippen molar-refractivity contribution in [1.29, 1.82) is 5.26 Å². The van der Waals surface area contributed by atoms with E-state index in [0.717, 1.165) is 34.4 Å². The Bertz CT molecular complexity index is 880. The number of nitriles is 1. The summed E-state index contributed by atoms with van der Waals surface area (Å²) in [6.07, 6.45) is 0. The van der Waals surface area contributed by atoms with Crippen LogP contribution in [-0.2, 0) is 6.54 Å². The van der Waals surface area contributed by atoms with Crippen LogP contribution in [0.4, 0.5) is 0 Å². The van der Waals surface area contributed by atoms with Crippen molar-refractivity contribution in [3.63, 3.8) is 0 Å². The van der Waals surface area contributed by atoms with Crippen molar-refractivity contribution in [3.8, 4) is 6.07 Å². The average Bonchev–Trinajstić information content (AvgIpc) is 2.59. The zero-order valence-electron chi connectivity index (χ0n) is 13.9. The Morgan fingerprint density at radius 2 is 1.88 bits per heavy atom. The maximum atomic E-state index is 9.49. The van der Waals surface area contributed by atoms with E-state index in [1.165, 1.54) is 11.1 Å². The lowest BCUT2D eigenvalue weighted by Gasteiger charge is -2.24. The summed E-state index contributed by atoms with van der Waals surface area (Å²) in [6.45, 7) is 11.7. The largest absolute Gasteiger partial charge is 0.309 e. The third kappa shape index (κ3) is 2.95. The van der Waals surface area contributed by atoms with E-state index in [0.29, 0.717) is 12.1 Å². The quantitative estimate of drug-likeness (QED) is 0.827. The van der Waals surface area contributed by atoms with Gasteiger partial charge in [-0.1, -0.05) is 67.3 Å². The van der Waals surface area contributed by atoms with Crippen molar-refractivity contribution >= 4 is 5.57 Å². The van der Waals surface area contributed by atoms with E-state index in [1.807, 2.05) is 18.2 Å². The second-order valence-corrected chi connectivity index (χ2v) is 6.07. The molecule has 2 heteroatoms. The molecule has 0 spiro atoms. The van der Waals surface area contributed by atoms with Crippen molar-refractivity contribution in [2.75, 3.05) is 6.54 Å². The molecule has 0 aliphatic carbocycles. The van der Waals surface area contributed by atoms with Gasteiger partial charge in [0.25, 0.3) is 0 Å². The molecule has 0 unspecified atom stereocenters. The zero-order valence-corrected chi connectivity index (χ0v) is 13.9. The maximum absolute atomic E-state index is 9.49. The van der Waals surface area contributed by atoms with Crippen LogP contribution in [0, 0.1) is 18.3 Å². The van der Waals surface area contributed by atoms with Crippen LogP contribution in [0.2, 0.25) is 0 Å². The number of fused-ring (bicyclic) bond motifs is 1. The van der Waals surface area contributed by atoms with Crippen molar-refractivity contribution < 1.29 is 0 Å². The van der Waals surface area contributed by atoms with Crippen LogP contribution in [0.25, 0.3) is 5.57 Å². The number of benzene rings is 2. The molecule has 24 heavy (non-hydrogen) atoms. The number of hydrogen-bond donors (Lipinski definition) is 1. The average molecular weight is 312 g/mol. The summed E-state index contributed by atoms with van der Waals surface area (Å²) < 4.78 is 0. The molecular formula is C22H20N2. The second kappa shape index (κ2) is 6.70. The van der Waals surface area contributed by atoms with Gasteiger partial charge in [0, 0.05) is 18.7 Å². The first kappa shape index (κ1) is 16.0. The molecule has 1 heterocycles. The smallest absolute Gasteiger partial charge is 0.0992 e. The SMILES string of the molecule is C=C(C#N)/C1=C(\c2ccccc2)c2cc(C)ccc2CNCC1=C. The zero-order chi connectivity index (χ0) is 17.1. The lowest BCUT2D eigenvalue weighted by Crippen LogP contribution is -2.21. The molecule has 2 aromatic carbocycles. The highest BCUT2D eigenvalue weighted by atomic mass is 14.9. The van der Waals surface area contributed by atoms with E-state index in [1.54, 1.807) is 0 Å². The number of aryl methyl sites for hydroxylation is 1. The molecule has 0 aromatic heterocycles. The Balaban J connectivity index is 2.41. The first-order valence-corrected chi connectivity index (χ1v) is 7.99. The molecule has 2 aromatic rings. The predicted molar refractivity (Wildman–Crippen MR) is 99.2 cm³/mol. The fourth-order valence-corrected chi connectivity index (χ4v) is 3.15.